The number of hydrogen-bond donors (Lipinski definition) is 6. The number of phosphoric ester groups is 2. The Labute approximate surface area is 239 Å². The predicted octanol–water partition coefficient (Wildman–Crippen LogP) is -7.01. The fraction of sp³-hybridized carbons (Fsp3) is 0.632. The molecular formula is C19H25N4O18P2-3. The maximum absolute atomic E-state index is 12.5. The van der Waals surface area contributed by atoms with E-state index in [-0.39, 0.29) is 0 Å². The van der Waals surface area contributed by atoms with Crippen LogP contribution in [0.15, 0.2) is 21.9 Å². The molecule has 6 N–H and O–H groups in total. The molecular weight excluding hydrogens is 634 g/mol. The molecule has 43 heavy (non-hydrogen) atoms. The predicted molar refractivity (Wildman–Crippen MR) is 125 cm³/mol. The Kier molecular flexibility index (Phi) is 10.8. The van der Waals surface area contributed by atoms with Crippen LogP contribution in [0.4, 0.5) is 0 Å². The van der Waals surface area contributed by atoms with Crippen molar-refractivity contribution < 1.29 is 76.6 Å². The number of carboxylic acid groups (broad SMARTS) is 1. The summed E-state index contributed by atoms with van der Waals surface area (Å²) in [4.78, 5) is 84.6. The number of aromatic nitrogens is 2. The van der Waals surface area contributed by atoms with Gasteiger partial charge in [0.15, 0.2) is 12.5 Å². The van der Waals surface area contributed by atoms with Gasteiger partial charge in [-0.1, -0.05) is 0 Å². The van der Waals surface area contributed by atoms with Crippen molar-refractivity contribution in [2.45, 2.75) is 69.0 Å². The molecule has 0 saturated carbocycles. The van der Waals surface area contributed by atoms with Crippen LogP contribution in [0.3, 0.4) is 0 Å². The summed E-state index contributed by atoms with van der Waals surface area (Å²) >= 11 is 0. The lowest BCUT2D eigenvalue weighted by molar-refractivity contribution is -0.336. The average Bonchev–Trinajstić information content (AvgIpc) is 3.13. The standard InChI is InChI=1S/C19H28N4O18P2/c1-6(24)20-10-11(21-7(2)25)18(39-15(13(10)28)17(30)31)40-43(35,36)41-42(33,34)37-5-8-12(27)14(29)16(38-8)23-4-3-9(26)22-19(23)32/h3-4,8,10-16,18,27-29H,5H2,1-2H3,(H,20,24)(H,21,25)(H,30,31)(H,33,34)(H,35,36)(H,22,26,32)/p-3/t8-,10-,11+,12-,13+,14-,15+,16-,18-/m1/s1. The molecule has 22 nitrogen and oxygen atoms in total. The number of aliphatic hydroxyl groups is 3. The Morgan fingerprint density at radius 2 is 1.60 bits per heavy atom. The van der Waals surface area contributed by atoms with Crippen LogP contribution in [0.25, 0.3) is 0 Å². The zero-order chi connectivity index (χ0) is 32.4. The largest absolute Gasteiger partial charge is 0.756 e. The first-order valence-corrected chi connectivity index (χ1v) is 14.8. The first-order valence-electron chi connectivity index (χ1n) is 11.9. The van der Waals surface area contributed by atoms with Crippen molar-refractivity contribution in [3.05, 3.63) is 33.1 Å². The molecule has 2 amide bonds. The van der Waals surface area contributed by atoms with E-state index in [9.17, 15) is 63.3 Å². The number of carbonyl (C=O) groups is 3. The normalized spacial score (nSPS) is 33.6. The number of amides is 2. The van der Waals surface area contributed by atoms with Crippen LogP contribution in [0.5, 0.6) is 0 Å². The van der Waals surface area contributed by atoms with E-state index in [0.717, 1.165) is 26.1 Å². The van der Waals surface area contributed by atoms with Crippen LogP contribution in [-0.4, -0.2) is 98.2 Å². The van der Waals surface area contributed by atoms with Crippen LogP contribution >= 0.6 is 15.6 Å². The molecule has 0 bridgehead atoms. The van der Waals surface area contributed by atoms with E-state index in [2.05, 4.69) is 24.0 Å². The summed E-state index contributed by atoms with van der Waals surface area (Å²) in [7, 11) is -12.1. The first kappa shape index (κ1) is 34.6. The number of aromatic amines is 1. The topological polar surface area (TPSA) is 340 Å². The van der Waals surface area contributed by atoms with Crippen molar-refractivity contribution in [2.75, 3.05) is 6.61 Å². The summed E-state index contributed by atoms with van der Waals surface area (Å²) in [5.41, 5.74) is -1.84. The lowest BCUT2D eigenvalue weighted by Crippen LogP contribution is -2.71. The number of aliphatic carboxylic acids is 1. The van der Waals surface area contributed by atoms with Gasteiger partial charge in [-0.15, -0.1) is 0 Å². The van der Waals surface area contributed by atoms with Crippen molar-refractivity contribution in [3.8, 4) is 0 Å². The van der Waals surface area contributed by atoms with Crippen molar-refractivity contribution in [1.29, 1.82) is 0 Å². The Hall–Kier alpha value is -2.85. The minimum atomic E-state index is -6.13. The van der Waals surface area contributed by atoms with E-state index >= 15 is 0 Å². The third kappa shape index (κ3) is 8.62. The maximum atomic E-state index is 12.5. The zero-order valence-corrected chi connectivity index (χ0v) is 23.7. The zero-order valence-electron chi connectivity index (χ0n) is 21.9. The fourth-order valence-electron chi connectivity index (χ4n) is 4.15. The summed E-state index contributed by atoms with van der Waals surface area (Å²) in [5, 5.41) is 46.3. The first-order chi connectivity index (χ1) is 19.8. The molecule has 2 saturated heterocycles. The quantitative estimate of drug-likeness (QED) is 0.120. The minimum Gasteiger partial charge on any atom is -0.756 e. The highest BCUT2D eigenvalue weighted by molar-refractivity contribution is 7.59. The summed E-state index contributed by atoms with van der Waals surface area (Å²) in [6.07, 6.45) is -13.0. The average molecular weight is 659 g/mol. The summed E-state index contributed by atoms with van der Waals surface area (Å²) < 4.78 is 48.4. The number of H-pyrrole nitrogens is 1. The number of nitrogens with one attached hydrogen (secondary N) is 3. The van der Waals surface area contributed by atoms with E-state index in [1.807, 2.05) is 4.98 Å². The second-order valence-corrected chi connectivity index (χ2v) is 12.0. The monoisotopic (exact) mass is 659 g/mol. The second-order valence-electron chi connectivity index (χ2n) is 9.13. The number of carboxylic acids is 1. The Morgan fingerprint density at radius 1 is 1.00 bits per heavy atom. The number of rotatable bonds is 11. The molecule has 0 radical (unpaired) electrons. The SMILES string of the molecule is CC(=O)N[C@@H]1[C@@H](OP(=O)([O-])OP(=O)([O-])OC[C@H]2O[C@@H](n3ccc(=O)[nH]c3=O)[C@H](O)[C@@H]2O)O[C@H](C(=O)[O-])[C@@H](O)[C@@H]1NC(C)=O. The smallest absolute Gasteiger partial charge is 0.330 e. The van der Waals surface area contributed by atoms with Gasteiger partial charge >= 0.3 is 5.69 Å². The highest BCUT2D eigenvalue weighted by Gasteiger charge is 2.49. The molecule has 242 valence electrons. The molecule has 2 aliphatic heterocycles. The Bertz CT molecular complexity index is 1430. The van der Waals surface area contributed by atoms with Crippen molar-refractivity contribution in [2.24, 2.45) is 0 Å². The second kappa shape index (κ2) is 13.4. The van der Waals surface area contributed by atoms with Gasteiger partial charge in [-0.25, -0.2) is 9.11 Å². The Balaban J connectivity index is 1.73. The van der Waals surface area contributed by atoms with Crippen LogP contribution in [0.1, 0.15) is 20.1 Å². The summed E-state index contributed by atoms with van der Waals surface area (Å²) in [6, 6.07) is -2.70. The number of carbonyl (C=O) groups excluding carboxylic acids is 3. The van der Waals surface area contributed by atoms with Crippen LogP contribution in [-0.2, 0) is 46.3 Å². The lowest BCUT2D eigenvalue weighted by Gasteiger charge is -2.46. The van der Waals surface area contributed by atoms with Gasteiger partial charge in [0.2, 0.25) is 11.8 Å². The summed E-state index contributed by atoms with van der Waals surface area (Å²) in [5.74, 6) is -3.88. The minimum absolute atomic E-state index is 0.670. The highest BCUT2D eigenvalue weighted by atomic mass is 31.3. The number of hydrogen-bond acceptors (Lipinski definition) is 18. The fourth-order valence-corrected chi connectivity index (χ4v) is 6.24. The number of aliphatic hydroxyl groups excluding tert-OH is 3. The van der Waals surface area contributed by atoms with E-state index in [1.54, 1.807) is 0 Å². The molecule has 0 spiro atoms. The van der Waals surface area contributed by atoms with Crippen LogP contribution in [0.2, 0.25) is 0 Å². The lowest BCUT2D eigenvalue weighted by atomic mass is 9.93. The molecule has 2 aliphatic rings. The van der Waals surface area contributed by atoms with Crippen molar-refractivity contribution in [3.63, 3.8) is 0 Å². The van der Waals surface area contributed by atoms with Crippen LogP contribution < -0.4 is 36.8 Å². The molecule has 1 aromatic heterocycles. The maximum Gasteiger partial charge on any atom is 0.330 e. The van der Waals surface area contributed by atoms with Gasteiger partial charge in [-0.05, 0) is 0 Å². The number of nitrogens with zero attached hydrogens (tertiary/aromatic N) is 1. The van der Waals surface area contributed by atoms with Crippen molar-refractivity contribution in [1.82, 2.24) is 20.2 Å². The molecule has 0 aromatic carbocycles. The highest BCUT2D eigenvalue weighted by Crippen LogP contribution is 2.57. The van der Waals surface area contributed by atoms with Gasteiger partial charge in [0, 0.05) is 26.1 Å². The number of ether oxygens (including phenoxy) is 2. The molecule has 24 heteroatoms. The van der Waals surface area contributed by atoms with Crippen LogP contribution in [0, 0.1) is 0 Å². The molecule has 0 aliphatic carbocycles. The van der Waals surface area contributed by atoms with Gasteiger partial charge in [0.25, 0.3) is 21.2 Å². The molecule has 2 fully saturated rings. The molecule has 3 heterocycles. The van der Waals surface area contributed by atoms with Gasteiger partial charge in [-0.2, -0.15) is 0 Å². The van der Waals surface area contributed by atoms with Crippen molar-refractivity contribution >= 4 is 33.4 Å². The van der Waals surface area contributed by atoms with Gasteiger partial charge < -0.3 is 59.6 Å². The third-order valence-corrected chi connectivity index (χ3v) is 8.43. The number of phosphoric acid groups is 2. The van der Waals surface area contributed by atoms with E-state index < -0.39 is 106 Å². The third-order valence-electron chi connectivity index (χ3n) is 5.90. The molecule has 1 aromatic rings. The van der Waals surface area contributed by atoms with E-state index in [1.165, 1.54) is 0 Å². The molecule has 3 rings (SSSR count). The summed E-state index contributed by atoms with van der Waals surface area (Å²) in [6.45, 7) is 0.668. The van der Waals surface area contributed by atoms with Gasteiger partial charge in [0.1, 0.15) is 36.6 Å². The molecule has 2 unspecified atom stereocenters. The van der Waals surface area contributed by atoms with E-state index in [4.69, 9.17) is 9.47 Å². The molecule has 11 atom stereocenters. The Morgan fingerprint density at radius 3 is 2.16 bits per heavy atom. The van der Waals surface area contributed by atoms with Gasteiger partial charge in [0.05, 0.1) is 18.6 Å². The van der Waals surface area contributed by atoms with Gasteiger partial charge in [-0.3, -0.25) is 37.6 Å². The van der Waals surface area contributed by atoms with E-state index in [0.29, 0.717) is 4.57 Å².